The summed E-state index contributed by atoms with van der Waals surface area (Å²) in [4.78, 5) is 24.0. The molecule has 3 heteroatoms. The average Bonchev–Trinajstić information content (AvgIpc) is 2.32. The fourth-order valence-electron chi connectivity index (χ4n) is 3.11. The first-order valence-electron chi connectivity index (χ1n) is 7.11. The lowest BCUT2D eigenvalue weighted by Gasteiger charge is -2.33. The number of Topliss-reactive ketones (excluding diaryl/α,β-unsaturated/α-hetero) is 1. The molecular formula is C17H22O3. The summed E-state index contributed by atoms with van der Waals surface area (Å²) in [6.45, 7) is 6.15. The van der Waals surface area contributed by atoms with Gasteiger partial charge in [-0.1, -0.05) is 17.7 Å². The number of ether oxygens (including phenoxy) is 1. The first-order chi connectivity index (χ1) is 9.43. The molecule has 0 N–H and O–H groups in total. The van der Waals surface area contributed by atoms with E-state index in [1.165, 1.54) is 12.7 Å². The van der Waals surface area contributed by atoms with Crippen LogP contribution in [-0.2, 0) is 20.7 Å². The number of hydrogen-bond acceptors (Lipinski definition) is 3. The second-order valence-corrected chi connectivity index (χ2v) is 5.83. The van der Waals surface area contributed by atoms with Crippen molar-refractivity contribution in [1.29, 1.82) is 0 Å². The Morgan fingerprint density at radius 2 is 1.65 bits per heavy atom. The maximum absolute atomic E-state index is 12.4. The first-order valence-corrected chi connectivity index (χ1v) is 7.11. The summed E-state index contributed by atoms with van der Waals surface area (Å²) in [5.74, 6) is -0.449. The summed E-state index contributed by atoms with van der Waals surface area (Å²) < 4.78 is 4.76. The highest BCUT2D eigenvalue weighted by molar-refractivity contribution is 5.90. The average molecular weight is 274 g/mol. The van der Waals surface area contributed by atoms with Crippen LogP contribution in [-0.4, -0.2) is 18.9 Å². The van der Waals surface area contributed by atoms with Crippen LogP contribution in [0.1, 0.15) is 35.1 Å². The maximum atomic E-state index is 12.4. The molecule has 0 aromatic heterocycles. The van der Waals surface area contributed by atoms with Gasteiger partial charge >= 0.3 is 5.97 Å². The third kappa shape index (κ3) is 2.77. The van der Waals surface area contributed by atoms with E-state index in [1.54, 1.807) is 0 Å². The van der Waals surface area contributed by atoms with E-state index in [1.807, 2.05) is 13.8 Å². The van der Waals surface area contributed by atoms with Gasteiger partial charge in [-0.05, 0) is 50.3 Å². The van der Waals surface area contributed by atoms with Crippen molar-refractivity contribution in [3.8, 4) is 0 Å². The van der Waals surface area contributed by atoms with Gasteiger partial charge in [-0.2, -0.15) is 0 Å². The summed E-state index contributed by atoms with van der Waals surface area (Å²) >= 11 is 0. The maximum Gasteiger partial charge on any atom is 0.309 e. The van der Waals surface area contributed by atoms with Gasteiger partial charge in [0, 0.05) is 12.3 Å². The molecule has 1 aromatic rings. The number of methoxy groups -OCH3 is 1. The van der Waals surface area contributed by atoms with Crippen molar-refractivity contribution in [2.24, 2.45) is 11.8 Å². The molecule has 0 saturated heterocycles. The van der Waals surface area contributed by atoms with Crippen LogP contribution in [0, 0.1) is 32.6 Å². The monoisotopic (exact) mass is 274 g/mol. The number of ketones is 1. The molecular weight excluding hydrogens is 252 g/mol. The molecule has 2 atom stereocenters. The number of carbonyl (C=O) groups excluding carboxylic acids is 2. The molecule has 2 rings (SSSR count). The van der Waals surface area contributed by atoms with Gasteiger partial charge in [0.1, 0.15) is 5.78 Å². The fourth-order valence-corrected chi connectivity index (χ4v) is 3.11. The molecule has 1 aliphatic rings. The molecule has 2 unspecified atom stereocenters. The van der Waals surface area contributed by atoms with Crippen molar-refractivity contribution in [3.05, 3.63) is 34.4 Å². The van der Waals surface area contributed by atoms with Crippen LogP contribution in [0.3, 0.4) is 0 Å². The predicted octanol–water partition coefficient (Wildman–Crippen LogP) is 2.92. The second kappa shape index (κ2) is 5.78. The van der Waals surface area contributed by atoms with Crippen LogP contribution in [0.15, 0.2) is 12.1 Å². The Kier molecular flexibility index (Phi) is 4.26. The molecule has 1 saturated carbocycles. The number of esters is 1. The van der Waals surface area contributed by atoms with Gasteiger partial charge < -0.3 is 4.74 Å². The number of hydrogen-bond donors (Lipinski definition) is 0. The zero-order valence-electron chi connectivity index (χ0n) is 12.7. The van der Waals surface area contributed by atoms with Gasteiger partial charge in [-0.3, -0.25) is 9.59 Å². The number of rotatable bonds is 4. The van der Waals surface area contributed by atoms with Gasteiger partial charge in [0.05, 0.1) is 13.0 Å². The Balaban J connectivity index is 2.11. The molecule has 3 nitrogen and oxygen atoms in total. The molecule has 1 aliphatic carbocycles. The molecule has 20 heavy (non-hydrogen) atoms. The van der Waals surface area contributed by atoms with Gasteiger partial charge in [-0.15, -0.1) is 0 Å². The SMILES string of the molecule is COC(=O)C1CCC1C(=O)Cc1c(C)cc(C)cc1C. The van der Waals surface area contributed by atoms with E-state index in [0.29, 0.717) is 6.42 Å². The quantitative estimate of drug-likeness (QED) is 0.793. The molecule has 0 aliphatic heterocycles. The smallest absolute Gasteiger partial charge is 0.309 e. The molecule has 1 fully saturated rings. The molecule has 1 aromatic carbocycles. The van der Waals surface area contributed by atoms with Gasteiger partial charge in [-0.25, -0.2) is 0 Å². The summed E-state index contributed by atoms with van der Waals surface area (Å²) in [7, 11) is 1.39. The standard InChI is InChI=1S/C17H22O3/c1-10-7-11(2)15(12(3)8-10)9-16(18)13-5-6-14(13)17(19)20-4/h7-8,13-14H,5-6,9H2,1-4H3. The topological polar surface area (TPSA) is 43.4 Å². The Hall–Kier alpha value is -1.64. The normalized spacial score (nSPS) is 21.2. The highest BCUT2D eigenvalue weighted by atomic mass is 16.5. The summed E-state index contributed by atoms with van der Waals surface area (Å²) in [5, 5.41) is 0. The summed E-state index contributed by atoms with van der Waals surface area (Å²) in [6.07, 6.45) is 2.01. The van der Waals surface area contributed by atoms with Crippen LogP contribution in [0.5, 0.6) is 0 Å². The van der Waals surface area contributed by atoms with E-state index in [2.05, 4.69) is 19.1 Å². The summed E-state index contributed by atoms with van der Waals surface area (Å²) in [5.41, 5.74) is 4.64. The third-order valence-electron chi connectivity index (χ3n) is 4.38. The third-order valence-corrected chi connectivity index (χ3v) is 4.38. The van der Waals surface area contributed by atoms with Crippen LogP contribution in [0.2, 0.25) is 0 Å². The van der Waals surface area contributed by atoms with Crippen LogP contribution >= 0.6 is 0 Å². The van der Waals surface area contributed by atoms with Gasteiger partial charge in [0.2, 0.25) is 0 Å². The van der Waals surface area contributed by atoms with Crippen molar-refractivity contribution >= 4 is 11.8 Å². The van der Waals surface area contributed by atoms with Crippen LogP contribution in [0.4, 0.5) is 0 Å². The molecule has 0 heterocycles. The lowest BCUT2D eigenvalue weighted by atomic mass is 9.70. The highest BCUT2D eigenvalue weighted by Gasteiger charge is 2.41. The number of carbonyl (C=O) groups is 2. The van der Waals surface area contributed by atoms with Crippen molar-refractivity contribution < 1.29 is 14.3 Å². The Morgan fingerprint density at radius 1 is 1.10 bits per heavy atom. The Labute approximate surface area is 120 Å². The Bertz CT molecular complexity index is 522. The van der Waals surface area contributed by atoms with Crippen molar-refractivity contribution in [1.82, 2.24) is 0 Å². The minimum absolute atomic E-state index is 0.150. The molecule has 0 bridgehead atoms. The minimum Gasteiger partial charge on any atom is -0.469 e. The van der Waals surface area contributed by atoms with Crippen molar-refractivity contribution in [2.45, 2.75) is 40.0 Å². The van der Waals surface area contributed by atoms with Gasteiger partial charge in [0.15, 0.2) is 0 Å². The molecule has 0 radical (unpaired) electrons. The predicted molar refractivity (Wildman–Crippen MR) is 77.6 cm³/mol. The van der Waals surface area contributed by atoms with E-state index < -0.39 is 0 Å². The van der Waals surface area contributed by atoms with E-state index in [9.17, 15) is 9.59 Å². The first kappa shape index (κ1) is 14.8. The van der Waals surface area contributed by atoms with E-state index in [-0.39, 0.29) is 23.6 Å². The van der Waals surface area contributed by atoms with Crippen molar-refractivity contribution in [2.75, 3.05) is 7.11 Å². The zero-order chi connectivity index (χ0) is 14.9. The van der Waals surface area contributed by atoms with Gasteiger partial charge in [0.25, 0.3) is 0 Å². The molecule has 108 valence electrons. The number of benzene rings is 1. The molecule has 0 amide bonds. The summed E-state index contributed by atoms with van der Waals surface area (Å²) in [6, 6.07) is 4.21. The lowest BCUT2D eigenvalue weighted by molar-refractivity contribution is -0.155. The number of aryl methyl sites for hydroxylation is 3. The largest absolute Gasteiger partial charge is 0.469 e. The van der Waals surface area contributed by atoms with E-state index in [4.69, 9.17) is 4.74 Å². The van der Waals surface area contributed by atoms with Crippen molar-refractivity contribution in [3.63, 3.8) is 0 Å². The minimum atomic E-state index is -0.244. The highest BCUT2D eigenvalue weighted by Crippen LogP contribution is 2.37. The zero-order valence-corrected chi connectivity index (χ0v) is 12.7. The molecule has 0 spiro atoms. The fraction of sp³-hybridized carbons (Fsp3) is 0.529. The van der Waals surface area contributed by atoms with E-state index in [0.717, 1.165) is 29.5 Å². The second-order valence-electron chi connectivity index (χ2n) is 5.83. The van der Waals surface area contributed by atoms with Crippen LogP contribution in [0.25, 0.3) is 0 Å². The van der Waals surface area contributed by atoms with E-state index >= 15 is 0 Å². The Morgan fingerprint density at radius 3 is 2.10 bits per heavy atom. The lowest BCUT2D eigenvalue weighted by Crippen LogP contribution is -2.39. The van der Waals surface area contributed by atoms with Crippen LogP contribution < -0.4 is 0 Å².